The van der Waals surface area contributed by atoms with Gasteiger partial charge in [0, 0.05) is 4.87 Å². The van der Waals surface area contributed by atoms with Crippen molar-refractivity contribution < 1.29 is 9.90 Å². The van der Waals surface area contributed by atoms with Crippen LogP contribution in [-0.2, 0) is 4.79 Å². The van der Waals surface area contributed by atoms with Crippen LogP contribution in [0.3, 0.4) is 0 Å². The van der Waals surface area contributed by atoms with Crippen LogP contribution < -0.4 is 5.73 Å². The van der Waals surface area contributed by atoms with Gasteiger partial charge in [0.25, 0.3) is 0 Å². The van der Waals surface area contributed by atoms with Crippen LogP contribution in [0.15, 0.2) is 0 Å². The summed E-state index contributed by atoms with van der Waals surface area (Å²) in [6.45, 7) is 9.41. The first kappa shape index (κ1) is 15.2. The molecule has 0 saturated heterocycles. The highest BCUT2D eigenvalue weighted by atomic mass is 35.5. The number of alkyl halides is 1. The van der Waals surface area contributed by atoms with E-state index < -0.39 is 12.0 Å². The molecular formula is C9H20ClNO2. The number of carboxylic acid groups (broad SMARTS) is 1. The van der Waals surface area contributed by atoms with E-state index in [2.05, 4.69) is 0 Å². The second kappa shape index (κ2) is 6.22. The van der Waals surface area contributed by atoms with Crippen molar-refractivity contribution in [3.05, 3.63) is 0 Å². The maximum Gasteiger partial charge on any atom is 0.320 e. The fourth-order valence-corrected chi connectivity index (χ4v) is 0.285. The molecule has 13 heavy (non-hydrogen) atoms. The van der Waals surface area contributed by atoms with Crippen LogP contribution in [0.25, 0.3) is 0 Å². The molecule has 1 atom stereocenters. The smallest absolute Gasteiger partial charge is 0.320 e. The summed E-state index contributed by atoms with van der Waals surface area (Å²) >= 11 is 5.53. The number of rotatable bonds is 2. The van der Waals surface area contributed by atoms with Gasteiger partial charge >= 0.3 is 5.97 Å². The van der Waals surface area contributed by atoms with Gasteiger partial charge < -0.3 is 10.8 Å². The zero-order chi connectivity index (χ0) is 11.2. The quantitative estimate of drug-likeness (QED) is 0.685. The van der Waals surface area contributed by atoms with E-state index in [0.717, 1.165) is 0 Å². The summed E-state index contributed by atoms with van der Waals surface area (Å²) in [6, 6.07) is -0.713. The minimum atomic E-state index is -0.931. The van der Waals surface area contributed by atoms with E-state index >= 15 is 0 Å². The molecule has 0 spiro atoms. The standard InChI is InChI=1S/C5H11NO2.C4H9Cl/c1-3(2)4(6)5(7)8;1-4(2,3)5/h3-4H,6H2,1-2H3,(H,7,8);1-3H3. The summed E-state index contributed by atoms with van der Waals surface area (Å²) < 4.78 is 0. The molecule has 0 radical (unpaired) electrons. The number of aliphatic carboxylic acids is 1. The van der Waals surface area contributed by atoms with Gasteiger partial charge in [0.2, 0.25) is 0 Å². The molecule has 0 aromatic rings. The monoisotopic (exact) mass is 209 g/mol. The maximum atomic E-state index is 10.0. The number of hydrogen-bond acceptors (Lipinski definition) is 2. The zero-order valence-corrected chi connectivity index (χ0v) is 9.72. The molecule has 0 saturated carbocycles. The second-order valence-electron chi connectivity index (χ2n) is 4.17. The van der Waals surface area contributed by atoms with Crippen molar-refractivity contribution in [3.8, 4) is 0 Å². The summed E-state index contributed by atoms with van der Waals surface area (Å²) in [5.74, 6) is -0.910. The number of carbonyl (C=O) groups is 1. The Bertz CT molecular complexity index is 146. The Balaban J connectivity index is 0. The van der Waals surface area contributed by atoms with Crippen LogP contribution >= 0.6 is 11.6 Å². The molecule has 0 aliphatic heterocycles. The van der Waals surface area contributed by atoms with Crippen molar-refractivity contribution in [1.29, 1.82) is 0 Å². The third-order valence-electron chi connectivity index (χ3n) is 1.00. The van der Waals surface area contributed by atoms with Gasteiger partial charge in [0.15, 0.2) is 0 Å². The highest BCUT2D eigenvalue weighted by Gasteiger charge is 2.14. The molecule has 0 bridgehead atoms. The van der Waals surface area contributed by atoms with Crippen molar-refractivity contribution in [2.75, 3.05) is 0 Å². The van der Waals surface area contributed by atoms with E-state index in [1.165, 1.54) is 0 Å². The van der Waals surface area contributed by atoms with Gasteiger partial charge in [-0.2, -0.15) is 0 Å². The van der Waals surface area contributed by atoms with E-state index in [1.807, 2.05) is 20.8 Å². The fourth-order valence-electron chi connectivity index (χ4n) is 0.285. The van der Waals surface area contributed by atoms with Gasteiger partial charge in [-0.25, -0.2) is 0 Å². The number of carboxylic acids is 1. The first-order valence-electron chi connectivity index (χ1n) is 4.23. The van der Waals surface area contributed by atoms with Gasteiger partial charge in [0.05, 0.1) is 0 Å². The zero-order valence-electron chi connectivity index (χ0n) is 8.97. The predicted molar refractivity (Wildman–Crippen MR) is 56.1 cm³/mol. The molecule has 0 amide bonds. The molecule has 0 rings (SSSR count). The Morgan fingerprint density at radius 2 is 1.62 bits per heavy atom. The Morgan fingerprint density at radius 3 is 1.62 bits per heavy atom. The molecule has 0 fully saturated rings. The lowest BCUT2D eigenvalue weighted by Crippen LogP contribution is -2.34. The average Bonchev–Trinajstić information content (AvgIpc) is 1.81. The van der Waals surface area contributed by atoms with Crippen LogP contribution in [0.2, 0.25) is 0 Å². The van der Waals surface area contributed by atoms with Gasteiger partial charge in [-0.1, -0.05) is 13.8 Å². The maximum absolute atomic E-state index is 10.0. The van der Waals surface area contributed by atoms with Crippen LogP contribution in [0.1, 0.15) is 34.6 Å². The van der Waals surface area contributed by atoms with Gasteiger partial charge in [-0.15, -0.1) is 11.6 Å². The number of halogens is 1. The highest BCUT2D eigenvalue weighted by molar-refractivity contribution is 6.23. The summed E-state index contributed by atoms with van der Waals surface area (Å²) in [4.78, 5) is 9.99. The molecule has 0 aromatic carbocycles. The minimum Gasteiger partial charge on any atom is -0.480 e. The first-order valence-corrected chi connectivity index (χ1v) is 4.60. The molecule has 3 N–H and O–H groups in total. The SMILES string of the molecule is CC(C)(C)Cl.CC(C)C(N)C(=O)O. The molecule has 1 unspecified atom stereocenters. The Hall–Kier alpha value is -0.280. The van der Waals surface area contributed by atoms with E-state index in [1.54, 1.807) is 13.8 Å². The van der Waals surface area contributed by atoms with Crippen molar-refractivity contribution in [2.24, 2.45) is 11.7 Å². The third kappa shape index (κ3) is 18.6. The van der Waals surface area contributed by atoms with Gasteiger partial charge in [0.1, 0.15) is 6.04 Å². The molecule has 4 heteroatoms. The minimum absolute atomic E-state index is 0.0208. The van der Waals surface area contributed by atoms with Crippen LogP contribution in [0.4, 0.5) is 0 Å². The highest BCUT2D eigenvalue weighted by Crippen LogP contribution is 2.07. The van der Waals surface area contributed by atoms with E-state index in [0.29, 0.717) is 0 Å². The predicted octanol–water partition coefficient (Wildman–Crippen LogP) is 2.08. The summed E-state index contributed by atoms with van der Waals surface area (Å²) in [7, 11) is 0. The first-order chi connectivity index (χ1) is 5.55. The average molecular weight is 210 g/mol. The number of hydrogen-bond donors (Lipinski definition) is 2. The van der Waals surface area contributed by atoms with Crippen molar-refractivity contribution in [1.82, 2.24) is 0 Å². The molecule has 3 nitrogen and oxygen atoms in total. The molecular weight excluding hydrogens is 190 g/mol. The summed E-state index contributed by atoms with van der Waals surface area (Å²) in [5, 5.41) is 8.23. The van der Waals surface area contributed by atoms with E-state index in [-0.39, 0.29) is 10.8 Å². The fraction of sp³-hybridized carbons (Fsp3) is 0.889. The van der Waals surface area contributed by atoms with E-state index in [4.69, 9.17) is 22.4 Å². The summed E-state index contributed by atoms with van der Waals surface area (Å²) in [5.41, 5.74) is 5.16. The van der Waals surface area contributed by atoms with E-state index in [9.17, 15) is 4.79 Å². The molecule has 80 valence electrons. The lowest BCUT2D eigenvalue weighted by atomic mass is 10.1. The normalized spacial score (nSPS) is 13.2. The number of nitrogens with two attached hydrogens (primary N) is 1. The van der Waals surface area contributed by atoms with Crippen LogP contribution in [0.5, 0.6) is 0 Å². The lowest BCUT2D eigenvalue weighted by Gasteiger charge is -2.07. The Morgan fingerprint density at radius 1 is 1.38 bits per heavy atom. The Labute approximate surface area is 85.3 Å². The summed E-state index contributed by atoms with van der Waals surface area (Å²) in [6.07, 6.45) is 0. The van der Waals surface area contributed by atoms with Crippen molar-refractivity contribution in [2.45, 2.75) is 45.5 Å². The third-order valence-corrected chi connectivity index (χ3v) is 1.00. The van der Waals surface area contributed by atoms with Gasteiger partial charge in [-0.3, -0.25) is 4.79 Å². The lowest BCUT2D eigenvalue weighted by molar-refractivity contribution is -0.139. The molecule has 0 aliphatic rings. The second-order valence-corrected chi connectivity index (χ2v) is 5.31. The Kier molecular flexibility index (Phi) is 7.27. The molecule has 0 aromatic heterocycles. The topological polar surface area (TPSA) is 63.3 Å². The van der Waals surface area contributed by atoms with Crippen molar-refractivity contribution >= 4 is 17.6 Å². The molecule has 0 aliphatic carbocycles. The van der Waals surface area contributed by atoms with Gasteiger partial charge in [-0.05, 0) is 26.7 Å². The van der Waals surface area contributed by atoms with Crippen LogP contribution in [-0.4, -0.2) is 22.0 Å². The van der Waals surface area contributed by atoms with Crippen molar-refractivity contribution in [3.63, 3.8) is 0 Å². The molecule has 0 heterocycles. The largest absolute Gasteiger partial charge is 0.480 e. The van der Waals surface area contributed by atoms with Crippen LogP contribution in [0, 0.1) is 5.92 Å².